The molecule has 0 amide bonds. The Kier molecular flexibility index (Phi) is 5.38. The molecule has 2 N–H and O–H groups in total. The molecule has 1 aromatic carbocycles. The van der Waals surface area contributed by atoms with Crippen LogP contribution in [0.3, 0.4) is 0 Å². The van der Waals surface area contributed by atoms with Crippen molar-refractivity contribution in [1.29, 1.82) is 0 Å². The number of halogens is 5. The van der Waals surface area contributed by atoms with Gasteiger partial charge in [-0.1, -0.05) is 17.7 Å². The maximum absolute atomic E-state index is 11.9. The van der Waals surface area contributed by atoms with Crippen molar-refractivity contribution in [3.63, 3.8) is 0 Å². The molecule has 2 nitrogen and oxygen atoms in total. The average Bonchev–Trinajstić information content (AvgIpc) is 2.05. The summed E-state index contributed by atoms with van der Waals surface area (Å²) in [6, 6.07) is 3.65. The van der Waals surface area contributed by atoms with E-state index in [4.69, 9.17) is 17.3 Å². The standard InChI is InChI=1S/C9H9ClF3NO.ClH/c1-5(14)6-2-3-8(7(10)4-6)15-9(11,12)13;/h2-5H,14H2,1H3;1H. The zero-order valence-electron chi connectivity index (χ0n) is 8.22. The van der Waals surface area contributed by atoms with Gasteiger partial charge in [0.05, 0.1) is 5.02 Å². The van der Waals surface area contributed by atoms with E-state index in [0.717, 1.165) is 6.07 Å². The molecule has 0 aromatic heterocycles. The van der Waals surface area contributed by atoms with E-state index in [9.17, 15) is 13.2 Å². The molecule has 0 saturated carbocycles. The Balaban J connectivity index is 0.00000225. The van der Waals surface area contributed by atoms with Crippen LogP contribution in [0.5, 0.6) is 5.75 Å². The summed E-state index contributed by atoms with van der Waals surface area (Å²) in [5, 5.41) is -0.109. The summed E-state index contributed by atoms with van der Waals surface area (Å²) in [5.74, 6) is -0.423. The Morgan fingerprint density at radius 1 is 1.38 bits per heavy atom. The van der Waals surface area contributed by atoms with Crippen LogP contribution in [-0.2, 0) is 0 Å². The number of alkyl halides is 3. The van der Waals surface area contributed by atoms with Crippen LogP contribution in [0.1, 0.15) is 18.5 Å². The van der Waals surface area contributed by atoms with Gasteiger partial charge in [-0.15, -0.1) is 25.6 Å². The monoisotopic (exact) mass is 275 g/mol. The van der Waals surface area contributed by atoms with Crippen LogP contribution in [0, 0.1) is 0 Å². The summed E-state index contributed by atoms with van der Waals surface area (Å²) in [5.41, 5.74) is 6.19. The van der Waals surface area contributed by atoms with Crippen LogP contribution >= 0.6 is 24.0 Å². The van der Waals surface area contributed by atoms with E-state index in [2.05, 4.69) is 4.74 Å². The van der Waals surface area contributed by atoms with Gasteiger partial charge in [0.1, 0.15) is 5.75 Å². The van der Waals surface area contributed by atoms with E-state index < -0.39 is 12.1 Å². The highest BCUT2D eigenvalue weighted by atomic mass is 35.5. The molecule has 0 aliphatic rings. The van der Waals surface area contributed by atoms with Gasteiger partial charge in [-0.2, -0.15) is 0 Å². The van der Waals surface area contributed by atoms with Crippen LogP contribution in [0.25, 0.3) is 0 Å². The quantitative estimate of drug-likeness (QED) is 0.894. The number of rotatable bonds is 2. The summed E-state index contributed by atoms with van der Waals surface area (Å²) in [6.07, 6.45) is -4.74. The lowest BCUT2D eigenvalue weighted by Gasteiger charge is -2.12. The fourth-order valence-corrected chi connectivity index (χ4v) is 1.24. The normalized spacial score (nSPS) is 12.9. The van der Waals surface area contributed by atoms with Crippen LogP contribution in [0.4, 0.5) is 13.2 Å². The molecule has 1 unspecified atom stereocenters. The summed E-state index contributed by atoms with van der Waals surface area (Å²) >= 11 is 5.60. The maximum Gasteiger partial charge on any atom is 0.573 e. The molecule has 0 saturated heterocycles. The highest BCUT2D eigenvalue weighted by molar-refractivity contribution is 6.32. The third-order valence-corrected chi connectivity index (χ3v) is 2.00. The molecule has 1 aromatic rings. The first kappa shape index (κ1) is 15.3. The summed E-state index contributed by atoms with van der Waals surface area (Å²) < 4.78 is 39.3. The van der Waals surface area contributed by atoms with Gasteiger partial charge >= 0.3 is 6.36 Å². The van der Waals surface area contributed by atoms with Crippen molar-refractivity contribution in [2.45, 2.75) is 19.3 Å². The summed E-state index contributed by atoms with van der Waals surface area (Å²) in [4.78, 5) is 0. The molecule has 0 bridgehead atoms. The molecule has 0 heterocycles. The fraction of sp³-hybridized carbons (Fsp3) is 0.333. The van der Waals surface area contributed by atoms with Crippen molar-refractivity contribution in [3.05, 3.63) is 28.8 Å². The third-order valence-electron chi connectivity index (χ3n) is 1.71. The van der Waals surface area contributed by atoms with Crippen molar-refractivity contribution >= 4 is 24.0 Å². The molecule has 92 valence electrons. The Bertz CT molecular complexity index is 355. The Morgan fingerprint density at radius 2 is 1.94 bits per heavy atom. The predicted molar refractivity (Wildman–Crippen MR) is 58.0 cm³/mol. The van der Waals surface area contributed by atoms with Gasteiger partial charge in [0, 0.05) is 6.04 Å². The second-order valence-corrected chi connectivity index (χ2v) is 3.43. The lowest BCUT2D eigenvalue weighted by molar-refractivity contribution is -0.274. The minimum absolute atomic E-state index is 0. The number of hydrogen-bond donors (Lipinski definition) is 1. The average molecular weight is 276 g/mol. The second-order valence-electron chi connectivity index (χ2n) is 3.03. The minimum atomic E-state index is -4.74. The van der Waals surface area contributed by atoms with Crippen molar-refractivity contribution in [2.75, 3.05) is 0 Å². The van der Waals surface area contributed by atoms with Gasteiger partial charge in [0.2, 0.25) is 0 Å². The minimum Gasteiger partial charge on any atom is -0.404 e. The number of hydrogen-bond acceptors (Lipinski definition) is 2. The van der Waals surface area contributed by atoms with Crippen molar-refractivity contribution < 1.29 is 17.9 Å². The van der Waals surface area contributed by atoms with Crippen LogP contribution < -0.4 is 10.5 Å². The SMILES string of the molecule is CC(N)c1ccc(OC(F)(F)F)c(Cl)c1.Cl. The van der Waals surface area contributed by atoms with Gasteiger partial charge in [0.15, 0.2) is 0 Å². The molecular formula is C9H10Cl2F3NO. The first-order chi connectivity index (χ1) is 6.79. The van der Waals surface area contributed by atoms with E-state index in [1.54, 1.807) is 6.92 Å². The summed E-state index contributed by atoms with van der Waals surface area (Å²) in [7, 11) is 0. The summed E-state index contributed by atoms with van der Waals surface area (Å²) in [6.45, 7) is 1.70. The highest BCUT2D eigenvalue weighted by Crippen LogP contribution is 2.31. The van der Waals surface area contributed by atoms with E-state index in [1.807, 2.05) is 0 Å². The molecule has 0 aliphatic heterocycles. The zero-order valence-corrected chi connectivity index (χ0v) is 9.79. The first-order valence-corrected chi connectivity index (χ1v) is 4.48. The molecule has 0 spiro atoms. The predicted octanol–water partition coefficient (Wildman–Crippen LogP) is 3.68. The highest BCUT2D eigenvalue weighted by Gasteiger charge is 2.32. The Labute approximate surface area is 102 Å². The van der Waals surface area contributed by atoms with Gasteiger partial charge in [-0.05, 0) is 24.6 Å². The largest absolute Gasteiger partial charge is 0.573 e. The number of ether oxygens (including phenoxy) is 1. The Hall–Kier alpha value is -0.650. The zero-order chi connectivity index (χ0) is 11.6. The third kappa shape index (κ3) is 4.47. The van der Waals surface area contributed by atoms with Gasteiger partial charge in [-0.25, -0.2) is 0 Å². The van der Waals surface area contributed by atoms with Crippen LogP contribution in [-0.4, -0.2) is 6.36 Å². The Morgan fingerprint density at radius 3 is 2.31 bits per heavy atom. The topological polar surface area (TPSA) is 35.2 Å². The van der Waals surface area contributed by atoms with Crippen molar-refractivity contribution in [1.82, 2.24) is 0 Å². The fourth-order valence-electron chi connectivity index (χ4n) is 1.01. The molecule has 7 heteroatoms. The molecular weight excluding hydrogens is 266 g/mol. The second kappa shape index (κ2) is 5.61. The lowest BCUT2D eigenvalue weighted by Crippen LogP contribution is -2.17. The van der Waals surface area contributed by atoms with E-state index in [-0.39, 0.29) is 23.5 Å². The van der Waals surface area contributed by atoms with Crippen LogP contribution in [0.15, 0.2) is 18.2 Å². The van der Waals surface area contributed by atoms with Gasteiger partial charge in [-0.3, -0.25) is 0 Å². The molecule has 0 fully saturated rings. The van der Waals surface area contributed by atoms with Crippen molar-refractivity contribution in [2.24, 2.45) is 5.73 Å². The molecule has 0 radical (unpaired) electrons. The lowest BCUT2D eigenvalue weighted by atomic mass is 10.1. The van der Waals surface area contributed by atoms with Crippen LogP contribution in [0.2, 0.25) is 5.02 Å². The maximum atomic E-state index is 11.9. The number of nitrogens with two attached hydrogens (primary N) is 1. The molecule has 16 heavy (non-hydrogen) atoms. The van der Waals surface area contributed by atoms with E-state index in [0.29, 0.717) is 5.56 Å². The molecule has 1 atom stereocenters. The molecule has 1 rings (SSSR count). The number of benzene rings is 1. The van der Waals surface area contributed by atoms with E-state index >= 15 is 0 Å². The smallest absolute Gasteiger partial charge is 0.404 e. The first-order valence-electron chi connectivity index (χ1n) is 4.10. The van der Waals surface area contributed by atoms with E-state index in [1.165, 1.54) is 12.1 Å². The molecule has 0 aliphatic carbocycles. The van der Waals surface area contributed by atoms with Gasteiger partial charge in [0.25, 0.3) is 0 Å². The van der Waals surface area contributed by atoms with Crippen molar-refractivity contribution in [3.8, 4) is 5.75 Å². The van der Waals surface area contributed by atoms with Gasteiger partial charge < -0.3 is 10.5 Å².